The number of rotatable bonds is 24. The van der Waals surface area contributed by atoms with Crippen LogP contribution in [0.2, 0.25) is 0 Å². The van der Waals surface area contributed by atoms with Crippen LogP contribution in [0.5, 0.6) is 6.01 Å². The SMILES string of the molecule is Nc1ccn([C@@H]2O[C@H](COP(=O)(O)O[C@H]3[C@@H](O)[C@H](n4cnc5c(N)ncnc54)O[C@@H]3COP(=O)(O)O[C@H]3[C@@H](O)[C@H](n4ccc(=O)[nH]c4=O)O[C@@H]3CO[P@@]3(=O)OOc4nc(=O)ccn4[C@@H]4O/C(=C/OP(=O)(O)O)[C@@H](O3)[C@H]4O)[C@@H](OP(=O)(O)OC[C@H]3O[C@@H](n4ccc(=O)[nH]c4=O)[C@H](O)C34OO4)[C@H]2O)c(=O)n1. The van der Waals surface area contributed by atoms with Gasteiger partial charge in [0.1, 0.15) is 91.1 Å². The van der Waals surface area contributed by atoms with Crippen LogP contribution in [0.1, 0.15) is 31.1 Å². The maximum Gasteiger partial charge on any atom is 0.524 e. The Hall–Kier alpha value is -7.44. The van der Waals surface area contributed by atoms with Crippen LogP contribution >= 0.6 is 39.1 Å². The normalized spacial score (nSPS) is 33.7. The summed E-state index contributed by atoms with van der Waals surface area (Å²) in [7, 11) is -28.5. The number of anilines is 2. The number of nitrogens with zero attached hydrogens (tertiary/aromatic N) is 10. The van der Waals surface area contributed by atoms with E-state index in [0.717, 1.165) is 75.4 Å². The molecular weight excluding hydrogens is 1530 g/mol. The van der Waals surface area contributed by atoms with Crippen molar-refractivity contribution < 1.29 is 157 Å². The molecule has 0 aromatic carbocycles. The fourth-order valence-corrected chi connectivity index (χ4v) is 15.5. The topological polar surface area (TPSA) is 736 Å². The first kappa shape index (κ1) is 74.8. The number of H-pyrrole nitrogens is 2. The van der Waals surface area contributed by atoms with Crippen molar-refractivity contribution in [3.05, 3.63) is 136 Å². The minimum absolute atomic E-state index is 0.102. The average molecular weight is 1580 g/mol. The molecule has 7 aliphatic heterocycles. The van der Waals surface area contributed by atoms with Gasteiger partial charge in [0.2, 0.25) is 6.23 Å². The number of aromatic amines is 2. The molecule has 58 heteroatoms. The number of aliphatic hydroxyl groups is 5. The van der Waals surface area contributed by atoms with Gasteiger partial charge < -0.3 is 79.9 Å². The number of hydrogen-bond acceptors (Lipinski definition) is 41. The molecule has 53 nitrogen and oxygen atoms in total. The van der Waals surface area contributed by atoms with E-state index in [9.17, 15) is 102 Å². The molecule has 0 amide bonds. The second kappa shape index (κ2) is 28.4. The lowest BCUT2D eigenvalue weighted by Gasteiger charge is -2.27. The number of imidazole rings is 1. The quantitative estimate of drug-likeness (QED) is 0.0116. The Morgan fingerprint density at radius 3 is 1.69 bits per heavy atom. The van der Waals surface area contributed by atoms with Crippen molar-refractivity contribution in [1.29, 1.82) is 0 Å². The van der Waals surface area contributed by atoms with Gasteiger partial charge in [-0.3, -0.25) is 98.1 Å². The van der Waals surface area contributed by atoms with Gasteiger partial charge in [0, 0.05) is 43.0 Å². The molecule has 13 heterocycles. The Balaban J connectivity index is 0.740. The second-order valence-corrected chi connectivity index (χ2v) is 29.6. The van der Waals surface area contributed by atoms with Crippen molar-refractivity contribution in [1.82, 2.24) is 57.7 Å². The molecule has 566 valence electrons. The molecule has 6 fully saturated rings. The Bertz CT molecular complexity index is 4950. The molecule has 6 aromatic rings. The van der Waals surface area contributed by atoms with Gasteiger partial charge in [0.05, 0.1) is 32.8 Å². The second-order valence-electron chi connectivity index (χ2n) is 22.7. The summed E-state index contributed by atoms with van der Waals surface area (Å²) in [4.78, 5) is 166. The lowest BCUT2D eigenvalue weighted by molar-refractivity contribution is -0.152. The number of nitrogens with one attached hydrogen (secondary N) is 2. The highest BCUT2D eigenvalue weighted by atomic mass is 31.2. The molecule has 22 atom stereocenters. The van der Waals surface area contributed by atoms with Gasteiger partial charge in [-0.15, -0.1) is 0 Å². The zero-order valence-electron chi connectivity index (χ0n) is 51.2. The number of nitrogen functional groups attached to an aromatic ring is 2. The number of aliphatic hydroxyl groups excluding tert-OH is 5. The van der Waals surface area contributed by atoms with Gasteiger partial charge in [-0.05, 0) is 6.07 Å². The summed E-state index contributed by atoms with van der Waals surface area (Å²) in [5.41, 5.74) is 4.97. The zero-order valence-corrected chi connectivity index (χ0v) is 55.7. The van der Waals surface area contributed by atoms with Gasteiger partial charge >= 0.3 is 62.2 Å². The number of nitrogens with two attached hydrogens (primary N) is 2. The largest absolute Gasteiger partial charge is 0.524 e. The molecule has 13 rings (SSSR count). The predicted octanol–water partition coefficient (Wildman–Crippen LogP) is -6.52. The third-order valence-electron chi connectivity index (χ3n) is 16.0. The third-order valence-corrected chi connectivity index (χ3v) is 20.5. The van der Waals surface area contributed by atoms with E-state index < -0.39 is 227 Å². The molecule has 6 aromatic heterocycles. The van der Waals surface area contributed by atoms with Gasteiger partial charge in [0.15, 0.2) is 54.3 Å². The molecule has 2 bridgehead atoms. The Morgan fingerprint density at radius 1 is 0.606 bits per heavy atom. The summed E-state index contributed by atoms with van der Waals surface area (Å²) < 4.78 is 153. The van der Waals surface area contributed by atoms with Crippen molar-refractivity contribution in [3.63, 3.8) is 0 Å². The molecule has 0 saturated carbocycles. The van der Waals surface area contributed by atoms with Gasteiger partial charge in [-0.25, -0.2) is 52.2 Å². The lowest BCUT2D eigenvalue weighted by atomic mass is 10.1. The van der Waals surface area contributed by atoms with Gasteiger partial charge in [0.25, 0.3) is 22.5 Å². The van der Waals surface area contributed by atoms with Crippen LogP contribution < -0.4 is 50.1 Å². The number of fused-ring (bicyclic) bond motifs is 5. The van der Waals surface area contributed by atoms with Crippen molar-refractivity contribution in [2.75, 3.05) is 37.9 Å². The minimum Gasteiger partial charge on any atom is -0.465 e. The lowest BCUT2D eigenvalue weighted by Crippen LogP contribution is -2.40. The zero-order chi connectivity index (χ0) is 74.5. The fourth-order valence-electron chi connectivity index (χ4n) is 11.2. The van der Waals surface area contributed by atoms with E-state index in [-0.39, 0.29) is 29.1 Å². The van der Waals surface area contributed by atoms with E-state index in [4.69, 9.17) is 90.7 Å². The van der Waals surface area contributed by atoms with Gasteiger partial charge in [-0.2, -0.15) is 19.7 Å². The molecule has 0 aliphatic carbocycles. The summed E-state index contributed by atoms with van der Waals surface area (Å²) >= 11 is 0. The first-order valence-corrected chi connectivity index (χ1v) is 36.7. The molecule has 104 heavy (non-hydrogen) atoms. The van der Waals surface area contributed by atoms with Crippen LogP contribution in [0.25, 0.3) is 11.2 Å². The Labute approximate surface area is 571 Å². The van der Waals surface area contributed by atoms with E-state index >= 15 is 0 Å². The first-order chi connectivity index (χ1) is 49.0. The standard InChI is InChI=1S/C46H53N14O39P5/c47-21-1-5-56(42(69)52-21)37-26(64)30(95-103(79,80)85-13-20-46(97-98-46)34(68)41(91-20)58-7-3-23(62)54-44(58)71)17(87-37)10-83-101(75,76)93-31-18(90-40(28(31)66)60-15-51-25-35(48)49-14-50-36(25)60)11-84-102(77,78)94-32-19(88-38(27(32)65)57-6-2-22(61)53-43(57)70)12-86-104(81)96-33-16(9-82-100(72,73)74)89-39(29(33)67)59-8-4-24(63)55-45(59)92-99-104/h1-9,14-15,17-20,26-34,37-41,64-68H,10-13H2,(H,75,76)(H,77,78)(H,79,80)(H2,47,52,69)(H2,48,49,50)(H,53,61,70)(H,54,62,71)(H2,72,73,74)/b16-9+/t17-,18-,19-,20-,26-,27-,28-,29-,30-,31-,32-,33-,34+,37-,38-,39-,40-,41-,104-/m1/s1. The van der Waals surface area contributed by atoms with E-state index in [1.165, 1.54) is 0 Å². The average Bonchev–Trinajstić information content (AvgIpc) is 1.56. The molecule has 6 saturated heterocycles. The monoisotopic (exact) mass is 1580 g/mol. The summed E-state index contributed by atoms with van der Waals surface area (Å²) in [5.74, 6) is -3.49. The van der Waals surface area contributed by atoms with Crippen LogP contribution in [0.15, 0.2) is 102 Å². The van der Waals surface area contributed by atoms with Crippen molar-refractivity contribution in [3.8, 4) is 6.01 Å². The maximum absolute atomic E-state index is 14.5. The van der Waals surface area contributed by atoms with Crippen molar-refractivity contribution >= 4 is 61.9 Å². The summed E-state index contributed by atoms with van der Waals surface area (Å²) in [6.07, 6.45) is -31.5. The number of hydrogen-bond donors (Lipinski definition) is 14. The highest BCUT2D eigenvalue weighted by Gasteiger charge is 2.71. The molecule has 3 unspecified atom stereocenters. The third kappa shape index (κ3) is 15.3. The highest BCUT2D eigenvalue weighted by molar-refractivity contribution is 7.48. The molecular formula is C46H53N14O39P5. The Kier molecular flexibility index (Phi) is 20.4. The fraction of sp³-hybridized carbons (Fsp3) is 0.500. The first-order valence-electron chi connectivity index (χ1n) is 29.3. The van der Waals surface area contributed by atoms with Crippen LogP contribution in [-0.4, -0.2) is 219 Å². The minimum atomic E-state index is -5.95. The number of phosphoric acid groups is 5. The number of phosphoric ester groups is 5. The Morgan fingerprint density at radius 2 is 1.13 bits per heavy atom. The molecule has 7 aliphatic rings. The summed E-state index contributed by atoms with van der Waals surface area (Å²) in [5, 5.41) is 57.8. The summed E-state index contributed by atoms with van der Waals surface area (Å²) in [6, 6.07) is 2.63. The van der Waals surface area contributed by atoms with Gasteiger partial charge in [-0.1, -0.05) is 4.67 Å². The van der Waals surface area contributed by atoms with Crippen LogP contribution in [-0.2, 0) is 102 Å². The number of ether oxygens (including phenoxy) is 5. The molecule has 0 radical (unpaired) electrons. The van der Waals surface area contributed by atoms with Crippen LogP contribution in [0, 0.1) is 0 Å². The smallest absolute Gasteiger partial charge is 0.465 e. The van der Waals surface area contributed by atoms with Crippen molar-refractivity contribution in [2.45, 2.75) is 116 Å². The van der Waals surface area contributed by atoms with Crippen LogP contribution in [0.4, 0.5) is 11.6 Å². The highest BCUT2D eigenvalue weighted by Crippen LogP contribution is 2.59. The predicted molar refractivity (Wildman–Crippen MR) is 318 cm³/mol. The van der Waals surface area contributed by atoms with Crippen LogP contribution in [0.3, 0.4) is 0 Å². The van der Waals surface area contributed by atoms with E-state index in [1.54, 1.807) is 0 Å². The maximum atomic E-state index is 14.5. The molecule has 16 N–H and O–H groups in total. The van der Waals surface area contributed by atoms with E-state index in [1.807, 2.05) is 9.97 Å². The van der Waals surface area contributed by atoms with E-state index in [2.05, 4.69) is 29.4 Å². The van der Waals surface area contributed by atoms with Crippen molar-refractivity contribution in [2.24, 2.45) is 0 Å². The van der Waals surface area contributed by atoms with E-state index in [0.29, 0.717) is 9.13 Å². The molecule has 1 spiro atoms. The number of aromatic nitrogens is 12. The summed E-state index contributed by atoms with van der Waals surface area (Å²) in [6.45, 7) is -5.21.